The van der Waals surface area contributed by atoms with Gasteiger partial charge in [-0.2, -0.15) is 0 Å². The van der Waals surface area contributed by atoms with Crippen LogP contribution in [0, 0.1) is 5.82 Å². The van der Waals surface area contributed by atoms with E-state index in [2.05, 4.69) is 0 Å². The highest BCUT2D eigenvalue weighted by Gasteiger charge is 2.28. The molecule has 0 radical (unpaired) electrons. The summed E-state index contributed by atoms with van der Waals surface area (Å²) in [6, 6.07) is 6.46. The Morgan fingerprint density at radius 2 is 2.07 bits per heavy atom. The van der Waals surface area contributed by atoms with Crippen molar-refractivity contribution in [3.05, 3.63) is 35.6 Å². The molecule has 1 atom stereocenters. The smallest absolute Gasteiger partial charge is 0.129 e. The average Bonchev–Trinajstić information content (AvgIpc) is 2.18. The van der Waals surface area contributed by atoms with Crippen molar-refractivity contribution in [2.45, 2.75) is 18.9 Å². The fourth-order valence-electron chi connectivity index (χ4n) is 1.45. The maximum atomic E-state index is 13.4. The zero-order chi connectivity index (χ0) is 10.6. The van der Waals surface area contributed by atoms with Crippen molar-refractivity contribution in [3.63, 3.8) is 0 Å². The largest absolute Gasteiger partial charge is 0.396 e. The van der Waals surface area contributed by atoms with E-state index in [-0.39, 0.29) is 12.4 Å². The molecule has 2 nitrogen and oxygen atoms in total. The van der Waals surface area contributed by atoms with Gasteiger partial charge in [0.05, 0.1) is 5.60 Å². The second-order valence-electron chi connectivity index (χ2n) is 3.39. The monoisotopic (exact) mass is 198 g/mol. The molecule has 14 heavy (non-hydrogen) atoms. The lowest BCUT2D eigenvalue weighted by molar-refractivity contribution is -0.0199. The molecule has 0 aromatic heterocycles. The van der Waals surface area contributed by atoms with E-state index in [0.29, 0.717) is 12.0 Å². The molecule has 1 N–H and O–H groups in total. The molecular formula is C11H15FO2. The van der Waals surface area contributed by atoms with Crippen molar-refractivity contribution >= 4 is 0 Å². The van der Waals surface area contributed by atoms with E-state index in [1.54, 1.807) is 25.1 Å². The number of hydrogen-bond donors (Lipinski definition) is 1. The van der Waals surface area contributed by atoms with Crippen LogP contribution in [0.1, 0.15) is 18.9 Å². The summed E-state index contributed by atoms with van der Waals surface area (Å²) in [6.45, 7) is 1.74. The van der Waals surface area contributed by atoms with Crippen LogP contribution < -0.4 is 0 Å². The van der Waals surface area contributed by atoms with Gasteiger partial charge in [0.1, 0.15) is 5.82 Å². The first kappa shape index (κ1) is 11.1. The Labute approximate surface area is 83.3 Å². The summed E-state index contributed by atoms with van der Waals surface area (Å²) in [4.78, 5) is 0. The van der Waals surface area contributed by atoms with Gasteiger partial charge in [-0.05, 0) is 13.0 Å². The molecule has 78 valence electrons. The van der Waals surface area contributed by atoms with E-state index in [1.165, 1.54) is 13.2 Å². The summed E-state index contributed by atoms with van der Waals surface area (Å²) in [5, 5.41) is 8.88. The number of aliphatic hydroxyl groups excluding tert-OH is 1. The lowest BCUT2D eigenvalue weighted by Crippen LogP contribution is -2.27. The van der Waals surface area contributed by atoms with Gasteiger partial charge in [-0.25, -0.2) is 4.39 Å². The quantitative estimate of drug-likeness (QED) is 0.802. The predicted molar refractivity (Wildman–Crippen MR) is 52.5 cm³/mol. The highest BCUT2D eigenvalue weighted by Crippen LogP contribution is 2.29. The Kier molecular flexibility index (Phi) is 3.61. The number of benzene rings is 1. The molecule has 0 amide bonds. The van der Waals surface area contributed by atoms with Crippen molar-refractivity contribution in [1.82, 2.24) is 0 Å². The van der Waals surface area contributed by atoms with Crippen molar-refractivity contribution in [2.24, 2.45) is 0 Å². The summed E-state index contributed by atoms with van der Waals surface area (Å²) in [6.07, 6.45) is 0.379. The minimum Gasteiger partial charge on any atom is -0.396 e. The molecule has 3 heteroatoms. The molecule has 0 bridgehead atoms. The van der Waals surface area contributed by atoms with Gasteiger partial charge in [-0.3, -0.25) is 0 Å². The Balaban J connectivity index is 3.05. The molecule has 0 saturated heterocycles. The molecule has 1 aromatic rings. The van der Waals surface area contributed by atoms with E-state index in [9.17, 15) is 4.39 Å². The van der Waals surface area contributed by atoms with E-state index < -0.39 is 5.60 Å². The lowest BCUT2D eigenvalue weighted by Gasteiger charge is -2.28. The van der Waals surface area contributed by atoms with Crippen LogP contribution in [0.3, 0.4) is 0 Å². The third kappa shape index (κ3) is 2.11. The Morgan fingerprint density at radius 1 is 1.43 bits per heavy atom. The third-order valence-corrected chi connectivity index (χ3v) is 2.48. The highest BCUT2D eigenvalue weighted by atomic mass is 19.1. The molecule has 1 aromatic carbocycles. The number of aliphatic hydroxyl groups is 1. The normalized spacial score (nSPS) is 15.1. The predicted octanol–water partition coefficient (Wildman–Crippen LogP) is 2.07. The van der Waals surface area contributed by atoms with Crippen LogP contribution in [0.15, 0.2) is 24.3 Å². The first-order valence-electron chi connectivity index (χ1n) is 4.55. The Morgan fingerprint density at radius 3 is 2.57 bits per heavy atom. The summed E-state index contributed by atoms with van der Waals surface area (Å²) in [5.41, 5.74) is -0.267. The first-order valence-corrected chi connectivity index (χ1v) is 4.55. The maximum absolute atomic E-state index is 13.4. The van der Waals surface area contributed by atoms with E-state index in [4.69, 9.17) is 9.84 Å². The van der Waals surface area contributed by atoms with E-state index in [0.717, 1.165) is 0 Å². The number of hydrogen-bond acceptors (Lipinski definition) is 2. The number of methoxy groups -OCH3 is 1. The second kappa shape index (κ2) is 4.53. The van der Waals surface area contributed by atoms with Gasteiger partial charge < -0.3 is 9.84 Å². The zero-order valence-electron chi connectivity index (χ0n) is 8.46. The maximum Gasteiger partial charge on any atom is 0.129 e. The van der Waals surface area contributed by atoms with Crippen LogP contribution in [-0.4, -0.2) is 18.8 Å². The molecule has 0 aliphatic rings. The van der Waals surface area contributed by atoms with Crippen LogP contribution in [0.2, 0.25) is 0 Å². The summed E-state index contributed by atoms with van der Waals surface area (Å²) >= 11 is 0. The molecule has 0 fully saturated rings. The molecule has 0 spiro atoms. The molecule has 0 saturated carbocycles. The van der Waals surface area contributed by atoms with Gasteiger partial charge in [0.25, 0.3) is 0 Å². The molecule has 0 heterocycles. The van der Waals surface area contributed by atoms with Gasteiger partial charge in [0.2, 0.25) is 0 Å². The van der Waals surface area contributed by atoms with Crippen LogP contribution in [-0.2, 0) is 10.3 Å². The van der Waals surface area contributed by atoms with Crippen LogP contribution in [0.25, 0.3) is 0 Å². The van der Waals surface area contributed by atoms with Crippen molar-refractivity contribution in [2.75, 3.05) is 13.7 Å². The Hall–Kier alpha value is -0.930. The molecule has 1 unspecified atom stereocenters. The minimum atomic E-state index is -0.750. The molecule has 1 rings (SSSR count). The van der Waals surface area contributed by atoms with Gasteiger partial charge in [-0.1, -0.05) is 18.2 Å². The summed E-state index contributed by atoms with van der Waals surface area (Å²) in [5.74, 6) is -0.301. The van der Waals surface area contributed by atoms with Crippen LogP contribution in [0.5, 0.6) is 0 Å². The summed E-state index contributed by atoms with van der Waals surface area (Å²) < 4.78 is 18.7. The topological polar surface area (TPSA) is 29.5 Å². The number of halogens is 1. The van der Waals surface area contributed by atoms with Crippen molar-refractivity contribution in [1.29, 1.82) is 0 Å². The van der Waals surface area contributed by atoms with Crippen molar-refractivity contribution in [3.8, 4) is 0 Å². The van der Waals surface area contributed by atoms with Gasteiger partial charge in [0.15, 0.2) is 0 Å². The third-order valence-electron chi connectivity index (χ3n) is 2.48. The molecule has 0 aliphatic carbocycles. The van der Waals surface area contributed by atoms with E-state index in [1.807, 2.05) is 0 Å². The van der Waals surface area contributed by atoms with Gasteiger partial charge in [0, 0.05) is 25.7 Å². The van der Waals surface area contributed by atoms with Crippen LogP contribution >= 0.6 is 0 Å². The fraction of sp³-hybridized carbons (Fsp3) is 0.455. The van der Waals surface area contributed by atoms with Crippen LogP contribution in [0.4, 0.5) is 4.39 Å². The average molecular weight is 198 g/mol. The SMILES string of the molecule is COC(C)(CCO)c1ccccc1F. The standard InChI is InChI=1S/C11H15FO2/c1-11(14-2,7-8-13)9-5-3-4-6-10(9)12/h3-6,13H,7-8H2,1-2H3. The highest BCUT2D eigenvalue weighted by molar-refractivity contribution is 5.23. The molecular weight excluding hydrogens is 183 g/mol. The first-order chi connectivity index (χ1) is 6.64. The second-order valence-corrected chi connectivity index (χ2v) is 3.39. The summed E-state index contributed by atoms with van der Waals surface area (Å²) in [7, 11) is 1.52. The minimum absolute atomic E-state index is 0.0291. The number of rotatable bonds is 4. The van der Waals surface area contributed by atoms with Gasteiger partial charge in [-0.15, -0.1) is 0 Å². The van der Waals surface area contributed by atoms with Crippen molar-refractivity contribution < 1.29 is 14.2 Å². The van der Waals surface area contributed by atoms with E-state index >= 15 is 0 Å². The number of ether oxygens (including phenoxy) is 1. The lowest BCUT2D eigenvalue weighted by atomic mass is 9.92. The Bertz CT molecular complexity index is 301. The zero-order valence-corrected chi connectivity index (χ0v) is 8.46. The van der Waals surface area contributed by atoms with Gasteiger partial charge >= 0.3 is 0 Å². The fourth-order valence-corrected chi connectivity index (χ4v) is 1.45. The molecule has 0 aliphatic heterocycles.